The second-order valence-electron chi connectivity index (χ2n) is 4.41. The summed E-state index contributed by atoms with van der Waals surface area (Å²) < 4.78 is 2.79. The minimum absolute atomic E-state index is 0.140. The molecule has 2 rings (SSSR count). The lowest BCUT2D eigenvalue weighted by molar-refractivity contribution is 0.0991. The molecule has 0 aromatic carbocycles. The lowest BCUT2D eigenvalue weighted by atomic mass is 10.3. The molecule has 0 unspecified atom stereocenters. The molecule has 2 aromatic rings. The molecule has 0 aliphatic rings. The van der Waals surface area contributed by atoms with Crippen LogP contribution in [0, 0.1) is 6.92 Å². The van der Waals surface area contributed by atoms with E-state index in [-0.39, 0.29) is 22.1 Å². The summed E-state index contributed by atoms with van der Waals surface area (Å²) in [5.74, 6) is -1.15. The van der Waals surface area contributed by atoms with Crippen molar-refractivity contribution >= 4 is 29.1 Å². The summed E-state index contributed by atoms with van der Waals surface area (Å²) in [4.78, 5) is 23.8. The van der Waals surface area contributed by atoms with Crippen molar-refractivity contribution in [2.24, 2.45) is 12.8 Å². The van der Waals surface area contributed by atoms with Crippen molar-refractivity contribution in [2.75, 3.05) is 5.32 Å². The molecule has 0 spiro atoms. The maximum Gasteiger partial charge on any atom is 0.275 e. The molecule has 0 aliphatic carbocycles. The van der Waals surface area contributed by atoms with E-state index < -0.39 is 11.8 Å². The largest absolute Gasteiger partial charge is 0.364 e. The van der Waals surface area contributed by atoms with E-state index in [4.69, 9.17) is 17.3 Å². The Bertz CT molecular complexity index is 718. The molecule has 8 nitrogen and oxygen atoms in total. The van der Waals surface area contributed by atoms with Crippen molar-refractivity contribution in [3.05, 3.63) is 28.3 Å². The zero-order chi connectivity index (χ0) is 15.7. The Kier molecular flexibility index (Phi) is 3.99. The van der Waals surface area contributed by atoms with Gasteiger partial charge in [0.15, 0.2) is 0 Å². The number of rotatable bonds is 4. The van der Waals surface area contributed by atoms with E-state index in [0.29, 0.717) is 12.2 Å². The predicted molar refractivity (Wildman–Crippen MR) is 77.3 cm³/mol. The highest BCUT2D eigenvalue weighted by Gasteiger charge is 2.22. The number of nitrogens with two attached hydrogens (primary N) is 1. The van der Waals surface area contributed by atoms with Gasteiger partial charge in [-0.25, -0.2) is 0 Å². The number of carbonyl (C=O) groups excluding carboxylic acids is 2. The zero-order valence-corrected chi connectivity index (χ0v) is 12.6. The van der Waals surface area contributed by atoms with Gasteiger partial charge in [0.2, 0.25) is 0 Å². The second kappa shape index (κ2) is 5.57. The van der Waals surface area contributed by atoms with Gasteiger partial charge in [-0.05, 0) is 13.8 Å². The minimum atomic E-state index is -0.670. The first kappa shape index (κ1) is 15.0. The molecular weight excluding hydrogens is 296 g/mol. The van der Waals surface area contributed by atoms with E-state index in [1.54, 1.807) is 14.0 Å². The summed E-state index contributed by atoms with van der Waals surface area (Å²) in [6.45, 7) is 3.97. The van der Waals surface area contributed by atoms with Crippen molar-refractivity contribution in [1.29, 1.82) is 0 Å². The fraction of sp³-hybridized carbons (Fsp3) is 0.333. The molecule has 0 bridgehead atoms. The van der Waals surface area contributed by atoms with Crippen molar-refractivity contribution in [1.82, 2.24) is 19.6 Å². The number of amides is 2. The molecule has 112 valence electrons. The molecule has 0 saturated carbocycles. The van der Waals surface area contributed by atoms with E-state index in [2.05, 4.69) is 15.5 Å². The lowest BCUT2D eigenvalue weighted by Gasteiger charge is -2.06. The summed E-state index contributed by atoms with van der Waals surface area (Å²) in [5.41, 5.74) is 6.45. The Labute approximate surface area is 125 Å². The number of primary amides is 1. The highest BCUT2D eigenvalue weighted by Crippen LogP contribution is 2.22. The van der Waals surface area contributed by atoms with Crippen molar-refractivity contribution in [3.8, 4) is 0 Å². The van der Waals surface area contributed by atoms with E-state index >= 15 is 0 Å². The van der Waals surface area contributed by atoms with Crippen LogP contribution < -0.4 is 11.1 Å². The van der Waals surface area contributed by atoms with Crippen LogP contribution >= 0.6 is 11.6 Å². The van der Waals surface area contributed by atoms with Crippen LogP contribution in [0.25, 0.3) is 0 Å². The van der Waals surface area contributed by atoms with Gasteiger partial charge in [0.05, 0.1) is 22.6 Å². The molecule has 0 atom stereocenters. The van der Waals surface area contributed by atoms with Crippen molar-refractivity contribution in [3.63, 3.8) is 0 Å². The second-order valence-corrected chi connectivity index (χ2v) is 4.79. The Hall–Kier alpha value is -2.35. The predicted octanol–water partition coefficient (Wildman–Crippen LogP) is 0.950. The first-order valence-corrected chi connectivity index (χ1v) is 6.60. The number of nitrogens with zero attached hydrogens (tertiary/aromatic N) is 4. The molecule has 9 heteroatoms. The van der Waals surface area contributed by atoms with Gasteiger partial charge in [0.25, 0.3) is 11.8 Å². The number of aryl methyl sites for hydroxylation is 3. The van der Waals surface area contributed by atoms with E-state index in [0.717, 1.165) is 0 Å². The SMILES string of the molecule is CCn1ncc(NC(=O)c2c(Cl)c(C)nn2C)c1C(N)=O. The number of anilines is 1. The third-order valence-electron chi connectivity index (χ3n) is 2.98. The van der Waals surface area contributed by atoms with E-state index in [9.17, 15) is 9.59 Å². The molecule has 0 aliphatic heterocycles. The Morgan fingerprint density at radius 1 is 1.43 bits per heavy atom. The van der Waals surface area contributed by atoms with Crippen LogP contribution in [-0.4, -0.2) is 31.4 Å². The summed E-state index contributed by atoms with van der Waals surface area (Å²) in [6.07, 6.45) is 1.37. The molecule has 2 amide bonds. The van der Waals surface area contributed by atoms with Gasteiger partial charge in [-0.15, -0.1) is 0 Å². The third-order valence-corrected chi connectivity index (χ3v) is 3.44. The van der Waals surface area contributed by atoms with Crippen LogP contribution in [0.3, 0.4) is 0 Å². The Balaban J connectivity index is 2.36. The van der Waals surface area contributed by atoms with Gasteiger partial charge in [-0.1, -0.05) is 11.6 Å². The van der Waals surface area contributed by atoms with Crippen LogP contribution in [0.5, 0.6) is 0 Å². The minimum Gasteiger partial charge on any atom is -0.364 e. The number of hydrogen-bond donors (Lipinski definition) is 2. The average molecular weight is 311 g/mol. The van der Waals surface area contributed by atoms with Gasteiger partial charge in [-0.2, -0.15) is 10.2 Å². The van der Waals surface area contributed by atoms with E-state index in [1.165, 1.54) is 15.6 Å². The van der Waals surface area contributed by atoms with Gasteiger partial charge in [0, 0.05) is 13.6 Å². The fourth-order valence-corrected chi connectivity index (χ4v) is 2.28. The van der Waals surface area contributed by atoms with Crippen LogP contribution in [0.1, 0.15) is 33.6 Å². The molecule has 21 heavy (non-hydrogen) atoms. The highest BCUT2D eigenvalue weighted by atomic mass is 35.5. The fourth-order valence-electron chi connectivity index (χ4n) is 2.04. The monoisotopic (exact) mass is 310 g/mol. The molecular formula is C12H15ClN6O2. The van der Waals surface area contributed by atoms with Crippen LogP contribution in [0.4, 0.5) is 5.69 Å². The average Bonchev–Trinajstić information content (AvgIpc) is 2.91. The molecule has 0 radical (unpaired) electrons. The number of aromatic nitrogens is 4. The summed E-state index contributed by atoms with van der Waals surface area (Å²) >= 11 is 6.05. The normalized spacial score (nSPS) is 10.7. The first-order valence-electron chi connectivity index (χ1n) is 6.22. The third kappa shape index (κ3) is 2.62. The Morgan fingerprint density at radius 2 is 2.10 bits per heavy atom. The van der Waals surface area contributed by atoms with Gasteiger partial charge in [0.1, 0.15) is 11.4 Å². The van der Waals surface area contributed by atoms with Crippen LogP contribution in [-0.2, 0) is 13.6 Å². The van der Waals surface area contributed by atoms with Gasteiger partial charge >= 0.3 is 0 Å². The van der Waals surface area contributed by atoms with Gasteiger partial charge < -0.3 is 11.1 Å². The molecule has 0 saturated heterocycles. The zero-order valence-electron chi connectivity index (χ0n) is 11.8. The number of carbonyl (C=O) groups is 2. The topological polar surface area (TPSA) is 108 Å². The van der Waals surface area contributed by atoms with E-state index in [1.807, 2.05) is 6.92 Å². The summed E-state index contributed by atoms with van der Waals surface area (Å²) in [5, 5.41) is 10.9. The molecule has 2 aromatic heterocycles. The first-order chi connectivity index (χ1) is 9.86. The lowest BCUT2D eigenvalue weighted by Crippen LogP contribution is -2.22. The molecule has 2 heterocycles. The number of hydrogen-bond acceptors (Lipinski definition) is 4. The summed E-state index contributed by atoms with van der Waals surface area (Å²) in [6, 6.07) is 0. The standard InChI is InChI=1S/C12H15ClN6O2/c1-4-19-9(11(14)20)7(5-15-19)16-12(21)10-8(13)6(2)17-18(10)3/h5H,4H2,1-3H3,(H2,14,20)(H,16,21). The number of halogens is 1. The van der Waals surface area contributed by atoms with Gasteiger partial charge in [-0.3, -0.25) is 19.0 Å². The molecule has 3 N–H and O–H groups in total. The number of nitrogens with one attached hydrogen (secondary N) is 1. The maximum absolute atomic E-state index is 12.3. The Morgan fingerprint density at radius 3 is 2.57 bits per heavy atom. The van der Waals surface area contributed by atoms with Crippen LogP contribution in [0.2, 0.25) is 5.02 Å². The van der Waals surface area contributed by atoms with Crippen LogP contribution in [0.15, 0.2) is 6.20 Å². The van der Waals surface area contributed by atoms with Crippen molar-refractivity contribution < 1.29 is 9.59 Å². The molecule has 0 fully saturated rings. The summed E-state index contributed by atoms with van der Waals surface area (Å²) in [7, 11) is 1.61. The quantitative estimate of drug-likeness (QED) is 0.876. The maximum atomic E-state index is 12.3. The van der Waals surface area contributed by atoms with Crippen molar-refractivity contribution in [2.45, 2.75) is 20.4 Å². The smallest absolute Gasteiger partial charge is 0.275 e. The highest BCUT2D eigenvalue weighted by molar-refractivity contribution is 6.34.